The first kappa shape index (κ1) is 23.2. The normalized spacial score (nSPS) is 23.4. The fourth-order valence-electron chi connectivity index (χ4n) is 5.88. The van der Waals surface area contributed by atoms with E-state index in [2.05, 4.69) is 58.7 Å². The summed E-state index contributed by atoms with van der Waals surface area (Å²) >= 11 is 0. The molecule has 3 fully saturated rings. The highest BCUT2D eigenvalue weighted by Gasteiger charge is 2.55. The van der Waals surface area contributed by atoms with E-state index in [0.717, 1.165) is 19.6 Å². The highest BCUT2D eigenvalue weighted by molar-refractivity contribution is 5.94. The monoisotopic (exact) mass is 485 g/mol. The Balaban J connectivity index is 0.964. The van der Waals surface area contributed by atoms with Crippen molar-refractivity contribution in [3.8, 4) is 11.1 Å². The van der Waals surface area contributed by atoms with E-state index in [1.54, 1.807) is 12.1 Å². The molecule has 2 atom stereocenters. The summed E-state index contributed by atoms with van der Waals surface area (Å²) < 4.78 is 20.0. The number of hydrogen-bond donors (Lipinski definition) is 1. The van der Waals surface area contributed by atoms with Gasteiger partial charge in [-0.3, -0.25) is 9.69 Å². The third kappa shape index (κ3) is 4.88. The van der Waals surface area contributed by atoms with Crippen molar-refractivity contribution < 1.29 is 13.9 Å². The molecule has 186 valence electrons. The Kier molecular flexibility index (Phi) is 6.46. The van der Waals surface area contributed by atoms with Crippen LogP contribution in [0.15, 0.2) is 72.8 Å². The highest BCUT2D eigenvalue weighted by Crippen LogP contribution is 2.51. The lowest BCUT2D eigenvalue weighted by molar-refractivity contribution is 0.0948. The summed E-state index contributed by atoms with van der Waals surface area (Å²) in [6.45, 7) is 6.33. The van der Waals surface area contributed by atoms with E-state index in [1.807, 2.05) is 11.0 Å². The quantitative estimate of drug-likeness (QED) is 0.538. The average molecular weight is 486 g/mol. The minimum Gasteiger partial charge on any atom is -0.378 e. The molecule has 1 saturated carbocycles. The van der Waals surface area contributed by atoms with E-state index in [-0.39, 0.29) is 11.7 Å². The molecule has 2 heterocycles. The summed E-state index contributed by atoms with van der Waals surface area (Å²) in [6, 6.07) is 24.1. The fourth-order valence-corrected chi connectivity index (χ4v) is 5.88. The van der Waals surface area contributed by atoms with Gasteiger partial charge >= 0.3 is 0 Å². The Labute approximate surface area is 211 Å². The van der Waals surface area contributed by atoms with E-state index in [1.165, 1.54) is 22.8 Å². The van der Waals surface area contributed by atoms with Crippen LogP contribution in [0.4, 0.5) is 10.1 Å². The van der Waals surface area contributed by atoms with E-state index < -0.39 is 0 Å². The molecule has 0 aromatic heterocycles. The minimum atomic E-state index is -0.347. The smallest absolute Gasteiger partial charge is 0.251 e. The maximum Gasteiger partial charge on any atom is 0.251 e. The number of hydrogen-bond acceptors (Lipinski definition) is 4. The number of likely N-dealkylation sites (tertiary alicyclic amines) is 1. The summed E-state index contributed by atoms with van der Waals surface area (Å²) in [5.74, 6) is 1.29. The molecule has 0 bridgehead atoms. The molecular weight excluding hydrogens is 453 g/mol. The molecule has 1 N–H and O–H groups in total. The molecule has 3 aliphatic rings. The number of benzene rings is 3. The van der Waals surface area contributed by atoms with Gasteiger partial charge in [-0.15, -0.1) is 0 Å². The number of morpholine rings is 1. The highest BCUT2D eigenvalue weighted by atomic mass is 19.1. The molecule has 3 aromatic carbocycles. The number of fused-ring (bicyclic) bond motifs is 1. The van der Waals surface area contributed by atoms with Crippen LogP contribution in [0.25, 0.3) is 11.1 Å². The average Bonchev–Trinajstić information content (AvgIpc) is 3.38. The Morgan fingerprint density at radius 3 is 2.31 bits per heavy atom. The number of halogens is 1. The molecule has 2 saturated heterocycles. The Bertz CT molecular complexity index is 1200. The van der Waals surface area contributed by atoms with Gasteiger partial charge in [0.15, 0.2) is 0 Å². The van der Waals surface area contributed by atoms with Gasteiger partial charge in [0, 0.05) is 44.8 Å². The number of piperidine rings is 1. The van der Waals surface area contributed by atoms with E-state index in [9.17, 15) is 9.18 Å². The summed E-state index contributed by atoms with van der Waals surface area (Å²) in [6.07, 6.45) is 0. The lowest BCUT2D eigenvalue weighted by Gasteiger charge is -2.29. The lowest BCUT2D eigenvalue weighted by Crippen LogP contribution is -2.36. The molecule has 5 nitrogen and oxygen atoms in total. The van der Waals surface area contributed by atoms with Crippen LogP contribution >= 0.6 is 0 Å². The van der Waals surface area contributed by atoms with Crippen LogP contribution in [0.1, 0.15) is 15.9 Å². The largest absolute Gasteiger partial charge is 0.378 e. The number of ether oxygens (including phenoxy) is 1. The molecular formula is C30H32FN3O2. The molecule has 2 unspecified atom stereocenters. The number of nitrogens with zero attached hydrogens (tertiary/aromatic N) is 2. The van der Waals surface area contributed by atoms with Gasteiger partial charge in [0.2, 0.25) is 0 Å². The summed E-state index contributed by atoms with van der Waals surface area (Å²) in [5.41, 5.74) is 4.75. The zero-order valence-electron chi connectivity index (χ0n) is 20.4. The fraction of sp³-hybridized carbons (Fsp3) is 0.367. The van der Waals surface area contributed by atoms with Crippen LogP contribution in [0.3, 0.4) is 0 Å². The SMILES string of the molecule is O=C(NCC1C2CN(Cc3ccc(-c4ccccc4)cc3)CC12)c1ccc(N2CCOCC2)c(F)c1. The Morgan fingerprint density at radius 1 is 0.917 bits per heavy atom. The summed E-state index contributed by atoms with van der Waals surface area (Å²) in [7, 11) is 0. The van der Waals surface area contributed by atoms with Crippen molar-refractivity contribution >= 4 is 11.6 Å². The van der Waals surface area contributed by atoms with Crippen molar-refractivity contribution in [2.45, 2.75) is 6.54 Å². The standard InChI is InChI=1S/C30H32FN3O2/c31-28-16-24(10-11-29(28)34-12-14-36-15-13-34)30(35)32-17-25-26-19-33(20-27(25)26)18-21-6-8-23(9-7-21)22-4-2-1-3-5-22/h1-11,16,25-27H,12-15,17-20H2,(H,32,35). The molecule has 2 aliphatic heterocycles. The summed E-state index contributed by atoms with van der Waals surface area (Å²) in [4.78, 5) is 17.1. The van der Waals surface area contributed by atoms with Crippen LogP contribution in [-0.4, -0.2) is 56.7 Å². The predicted molar refractivity (Wildman–Crippen MR) is 139 cm³/mol. The van der Waals surface area contributed by atoms with E-state index in [4.69, 9.17) is 4.74 Å². The number of carbonyl (C=O) groups excluding carboxylic acids is 1. The maximum absolute atomic E-state index is 14.7. The van der Waals surface area contributed by atoms with Gasteiger partial charge in [-0.2, -0.15) is 0 Å². The van der Waals surface area contributed by atoms with Crippen LogP contribution in [-0.2, 0) is 11.3 Å². The summed E-state index contributed by atoms with van der Waals surface area (Å²) in [5, 5.41) is 3.04. The van der Waals surface area contributed by atoms with Gasteiger partial charge in [0.05, 0.1) is 18.9 Å². The zero-order valence-corrected chi connectivity index (χ0v) is 20.4. The van der Waals surface area contributed by atoms with Crippen molar-refractivity contribution in [2.24, 2.45) is 17.8 Å². The van der Waals surface area contributed by atoms with E-state index in [0.29, 0.717) is 61.9 Å². The van der Waals surface area contributed by atoms with Crippen LogP contribution in [0.5, 0.6) is 0 Å². The minimum absolute atomic E-state index is 0.192. The van der Waals surface area contributed by atoms with Gasteiger partial charge in [-0.1, -0.05) is 54.6 Å². The van der Waals surface area contributed by atoms with Crippen LogP contribution < -0.4 is 10.2 Å². The second kappa shape index (κ2) is 10.0. The van der Waals surface area contributed by atoms with Gasteiger partial charge in [0.25, 0.3) is 5.91 Å². The number of carbonyl (C=O) groups is 1. The van der Waals surface area contributed by atoms with Gasteiger partial charge < -0.3 is 15.0 Å². The zero-order chi connectivity index (χ0) is 24.5. The second-order valence-corrected chi connectivity index (χ2v) is 10.2. The third-order valence-electron chi connectivity index (χ3n) is 7.97. The topological polar surface area (TPSA) is 44.8 Å². The number of amides is 1. The van der Waals surface area contributed by atoms with Crippen molar-refractivity contribution in [1.29, 1.82) is 0 Å². The second-order valence-electron chi connectivity index (χ2n) is 10.2. The first-order valence-electron chi connectivity index (χ1n) is 12.9. The third-order valence-corrected chi connectivity index (χ3v) is 7.97. The Hall–Kier alpha value is -3.22. The van der Waals surface area contributed by atoms with Crippen molar-refractivity contribution in [1.82, 2.24) is 10.2 Å². The first-order valence-corrected chi connectivity index (χ1v) is 12.9. The molecule has 1 aliphatic carbocycles. The number of nitrogens with one attached hydrogen (secondary N) is 1. The van der Waals surface area contributed by atoms with Crippen molar-refractivity contribution in [3.05, 3.63) is 89.7 Å². The van der Waals surface area contributed by atoms with Gasteiger partial charge in [-0.05, 0) is 52.6 Å². The molecule has 3 aromatic rings. The molecule has 1 amide bonds. The molecule has 6 rings (SSSR count). The first-order chi connectivity index (χ1) is 17.7. The van der Waals surface area contributed by atoms with Crippen molar-refractivity contribution in [2.75, 3.05) is 50.8 Å². The molecule has 36 heavy (non-hydrogen) atoms. The van der Waals surface area contributed by atoms with Crippen LogP contribution in [0, 0.1) is 23.6 Å². The molecule has 0 spiro atoms. The van der Waals surface area contributed by atoms with Gasteiger partial charge in [-0.25, -0.2) is 4.39 Å². The molecule has 6 heteroatoms. The molecule has 0 radical (unpaired) electrons. The van der Waals surface area contributed by atoms with Crippen LogP contribution in [0.2, 0.25) is 0 Å². The number of anilines is 1. The number of rotatable bonds is 7. The van der Waals surface area contributed by atoms with Gasteiger partial charge in [0.1, 0.15) is 5.82 Å². The van der Waals surface area contributed by atoms with Crippen molar-refractivity contribution in [3.63, 3.8) is 0 Å². The lowest BCUT2D eigenvalue weighted by atomic mass is 10.0. The maximum atomic E-state index is 14.7. The van der Waals surface area contributed by atoms with E-state index >= 15 is 0 Å². The predicted octanol–water partition coefficient (Wildman–Crippen LogP) is 4.44. The Morgan fingerprint density at radius 2 is 1.61 bits per heavy atom.